The Balaban J connectivity index is 1.33. The molecule has 0 radical (unpaired) electrons. The molecule has 0 atom stereocenters. The first-order chi connectivity index (χ1) is 15.2. The molecule has 0 unspecified atom stereocenters. The standard InChI is InChI=1S/C22H19ClN6O2/c23-16-3-1-4-17(13-16)29-22-19(14-26-29)21(24-15-25-22)28-10-8-27(9-11-28)20(30)7-6-18-5-2-12-31-18/h1-7,12-15H,8-11H2/b7-6+. The van der Waals surface area contributed by atoms with Crippen molar-refractivity contribution in [3.8, 4) is 5.69 Å². The molecule has 0 spiro atoms. The van der Waals surface area contributed by atoms with Gasteiger partial charge in [0, 0.05) is 37.3 Å². The van der Waals surface area contributed by atoms with Gasteiger partial charge in [-0.1, -0.05) is 17.7 Å². The number of fused-ring (bicyclic) bond motifs is 1. The molecule has 1 amide bonds. The monoisotopic (exact) mass is 434 g/mol. The Hall–Kier alpha value is -3.65. The molecule has 0 N–H and O–H groups in total. The Morgan fingerprint density at radius 3 is 2.74 bits per heavy atom. The lowest BCUT2D eigenvalue weighted by Crippen LogP contribution is -2.48. The highest BCUT2D eigenvalue weighted by atomic mass is 35.5. The number of carbonyl (C=O) groups is 1. The molecule has 1 aliphatic rings. The average Bonchev–Trinajstić information content (AvgIpc) is 3.47. The SMILES string of the molecule is O=C(/C=C/c1ccco1)N1CCN(c2ncnc3c2cnn3-c2cccc(Cl)c2)CC1. The predicted molar refractivity (Wildman–Crippen MR) is 118 cm³/mol. The average molecular weight is 435 g/mol. The molecule has 1 aromatic carbocycles. The van der Waals surface area contributed by atoms with Crippen LogP contribution in [-0.4, -0.2) is 56.7 Å². The lowest BCUT2D eigenvalue weighted by Gasteiger charge is -2.35. The number of nitrogens with zero attached hydrogens (tertiary/aromatic N) is 6. The summed E-state index contributed by atoms with van der Waals surface area (Å²) < 4.78 is 6.99. The molecule has 0 saturated carbocycles. The molecule has 8 nitrogen and oxygen atoms in total. The zero-order valence-corrected chi connectivity index (χ0v) is 17.3. The highest BCUT2D eigenvalue weighted by Crippen LogP contribution is 2.26. The number of benzene rings is 1. The summed E-state index contributed by atoms with van der Waals surface area (Å²) in [7, 11) is 0. The zero-order valence-electron chi connectivity index (χ0n) is 16.6. The molecule has 156 valence electrons. The summed E-state index contributed by atoms with van der Waals surface area (Å²) >= 11 is 6.13. The Labute approximate surface area is 183 Å². The number of piperazine rings is 1. The largest absolute Gasteiger partial charge is 0.465 e. The van der Waals surface area contributed by atoms with E-state index in [9.17, 15) is 4.79 Å². The number of aromatic nitrogens is 4. The molecular weight excluding hydrogens is 416 g/mol. The van der Waals surface area contributed by atoms with Gasteiger partial charge in [0.25, 0.3) is 0 Å². The van der Waals surface area contributed by atoms with Crippen LogP contribution in [0, 0.1) is 0 Å². The van der Waals surface area contributed by atoms with E-state index in [-0.39, 0.29) is 5.91 Å². The summed E-state index contributed by atoms with van der Waals surface area (Å²) in [5, 5.41) is 6.00. The molecule has 31 heavy (non-hydrogen) atoms. The maximum absolute atomic E-state index is 12.5. The maximum atomic E-state index is 12.5. The molecular formula is C22H19ClN6O2. The van der Waals surface area contributed by atoms with Gasteiger partial charge >= 0.3 is 0 Å². The minimum atomic E-state index is -0.0299. The highest BCUT2D eigenvalue weighted by Gasteiger charge is 2.23. The number of anilines is 1. The van der Waals surface area contributed by atoms with Gasteiger partial charge in [0.2, 0.25) is 5.91 Å². The minimum Gasteiger partial charge on any atom is -0.465 e. The first kappa shape index (κ1) is 19.3. The van der Waals surface area contributed by atoms with E-state index in [0.717, 1.165) is 16.9 Å². The Kier molecular flexibility index (Phi) is 5.13. The van der Waals surface area contributed by atoms with Gasteiger partial charge in [-0.2, -0.15) is 5.10 Å². The minimum absolute atomic E-state index is 0.0299. The third-order valence-electron chi connectivity index (χ3n) is 5.22. The van der Waals surface area contributed by atoms with E-state index in [4.69, 9.17) is 16.0 Å². The fraction of sp³-hybridized carbons (Fsp3) is 0.182. The number of hydrogen-bond donors (Lipinski definition) is 0. The number of hydrogen-bond acceptors (Lipinski definition) is 6. The number of rotatable bonds is 4. The molecule has 5 rings (SSSR count). The van der Waals surface area contributed by atoms with Crippen molar-refractivity contribution in [2.24, 2.45) is 0 Å². The second kappa shape index (κ2) is 8.23. The van der Waals surface area contributed by atoms with E-state index in [2.05, 4.69) is 20.0 Å². The van der Waals surface area contributed by atoms with Gasteiger partial charge < -0.3 is 14.2 Å². The normalized spacial score (nSPS) is 14.6. The summed E-state index contributed by atoms with van der Waals surface area (Å²) in [5.41, 5.74) is 1.55. The first-order valence-electron chi connectivity index (χ1n) is 9.89. The number of furan rings is 1. The fourth-order valence-corrected chi connectivity index (χ4v) is 3.85. The lowest BCUT2D eigenvalue weighted by atomic mass is 10.2. The van der Waals surface area contributed by atoms with Crippen LogP contribution in [-0.2, 0) is 4.79 Å². The van der Waals surface area contributed by atoms with E-state index >= 15 is 0 Å². The number of amides is 1. The van der Waals surface area contributed by atoms with Crippen LogP contribution < -0.4 is 4.90 Å². The molecule has 0 bridgehead atoms. The van der Waals surface area contributed by atoms with E-state index in [1.54, 1.807) is 41.7 Å². The van der Waals surface area contributed by atoms with Crippen LogP contribution in [0.15, 0.2) is 65.7 Å². The zero-order chi connectivity index (χ0) is 21.2. The molecule has 0 aliphatic carbocycles. The van der Waals surface area contributed by atoms with Crippen LogP contribution in [0.2, 0.25) is 5.02 Å². The summed E-state index contributed by atoms with van der Waals surface area (Å²) in [6, 6.07) is 11.1. The van der Waals surface area contributed by atoms with E-state index in [1.807, 2.05) is 35.2 Å². The van der Waals surface area contributed by atoms with Gasteiger partial charge in [-0.05, 0) is 36.4 Å². The van der Waals surface area contributed by atoms with E-state index in [0.29, 0.717) is 42.6 Å². The van der Waals surface area contributed by atoms with Gasteiger partial charge in [0.15, 0.2) is 5.65 Å². The predicted octanol–water partition coefficient (Wildman–Crippen LogP) is 3.42. The van der Waals surface area contributed by atoms with E-state index < -0.39 is 0 Å². The Morgan fingerprint density at radius 2 is 1.97 bits per heavy atom. The number of halogens is 1. The second-order valence-corrected chi connectivity index (χ2v) is 7.57. The summed E-state index contributed by atoms with van der Waals surface area (Å²) in [4.78, 5) is 25.4. The van der Waals surface area contributed by atoms with Crippen LogP contribution in [0.4, 0.5) is 5.82 Å². The third kappa shape index (κ3) is 3.89. The van der Waals surface area contributed by atoms with Crippen molar-refractivity contribution in [1.82, 2.24) is 24.6 Å². The van der Waals surface area contributed by atoms with Crippen molar-refractivity contribution >= 4 is 40.4 Å². The van der Waals surface area contributed by atoms with Crippen molar-refractivity contribution in [3.63, 3.8) is 0 Å². The van der Waals surface area contributed by atoms with Crippen LogP contribution in [0.25, 0.3) is 22.8 Å². The van der Waals surface area contributed by atoms with Crippen molar-refractivity contribution in [2.45, 2.75) is 0 Å². The molecule has 1 fully saturated rings. The molecule has 4 aromatic rings. The van der Waals surface area contributed by atoms with Crippen molar-refractivity contribution < 1.29 is 9.21 Å². The molecule has 1 saturated heterocycles. The van der Waals surface area contributed by atoms with E-state index in [1.165, 1.54) is 0 Å². The van der Waals surface area contributed by atoms with Gasteiger partial charge in [-0.15, -0.1) is 0 Å². The van der Waals surface area contributed by atoms with Gasteiger partial charge in [0.05, 0.1) is 23.5 Å². The molecule has 9 heteroatoms. The third-order valence-corrected chi connectivity index (χ3v) is 5.46. The van der Waals surface area contributed by atoms with Crippen LogP contribution >= 0.6 is 11.6 Å². The highest BCUT2D eigenvalue weighted by molar-refractivity contribution is 6.30. The van der Waals surface area contributed by atoms with Gasteiger partial charge in [-0.3, -0.25) is 4.79 Å². The second-order valence-electron chi connectivity index (χ2n) is 7.13. The Morgan fingerprint density at radius 1 is 1.10 bits per heavy atom. The lowest BCUT2D eigenvalue weighted by molar-refractivity contribution is -0.126. The Bertz CT molecular complexity index is 1240. The smallest absolute Gasteiger partial charge is 0.246 e. The molecule has 4 heterocycles. The van der Waals surface area contributed by atoms with Crippen molar-refractivity contribution in [3.05, 3.63) is 72.0 Å². The first-order valence-corrected chi connectivity index (χ1v) is 10.3. The van der Waals surface area contributed by atoms with Crippen LogP contribution in [0.5, 0.6) is 0 Å². The topological polar surface area (TPSA) is 80.3 Å². The van der Waals surface area contributed by atoms with Crippen molar-refractivity contribution in [1.29, 1.82) is 0 Å². The summed E-state index contributed by atoms with van der Waals surface area (Å²) in [6.45, 7) is 2.56. The summed E-state index contributed by atoms with van der Waals surface area (Å²) in [5.74, 6) is 1.45. The number of carbonyl (C=O) groups excluding carboxylic acids is 1. The van der Waals surface area contributed by atoms with Crippen molar-refractivity contribution in [2.75, 3.05) is 31.1 Å². The molecule has 1 aliphatic heterocycles. The summed E-state index contributed by atoms with van der Waals surface area (Å²) in [6.07, 6.45) is 8.14. The van der Waals surface area contributed by atoms with Gasteiger partial charge in [-0.25, -0.2) is 14.6 Å². The fourth-order valence-electron chi connectivity index (χ4n) is 3.66. The maximum Gasteiger partial charge on any atom is 0.246 e. The van der Waals surface area contributed by atoms with Gasteiger partial charge in [0.1, 0.15) is 17.9 Å². The quantitative estimate of drug-likeness (QED) is 0.458. The van der Waals surface area contributed by atoms with Crippen LogP contribution in [0.3, 0.4) is 0 Å². The molecule has 3 aromatic heterocycles. The van der Waals surface area contributed by atoms with Crippen LogP contribution in [0.1, 0.15) is 5.76 Å².